The average Bonchev–Trinajstić information content (AvgIpc) is 3.19. The Bertz CT molecular complexity index is 646. The minimum Gasteiger partial charge on any atom is -0.400 e. The van der Waals surface area contributed by atoms with Crippen LogP contribution in [0.25, 0.3) is 11.4 Å². The highest BCUT2D eigenvalue weighted by molar-refractivity contribution is 5.68. The molecule has 2 heterocycles. The van der Waals surface area contributed by atoms with Crippen LogP contribution in [0.3, 0.4) is 0 Å². The number of imidazole rings is 1. The smallest absolute Gasteiger partial charge is 0.139 e. The number of nitrogens with zero attached hydrogens (tertiary/aromatic N) is 3. The van der Waals surface area contributed by atoms with E-state index >= 15 is 0 Å². The summed E-state index contributed by atoms with van der Waals surface area (Å²) in [7, 11) is 2.94. The Labute approximate surface area is 137 Å². The molecule has 0 atom stereocenters. The lowest BCUT2D eigenvalue weighted by atomic mass is 9.97. The molecule has 1 aromatic heterocycles. The van der Waals surface area contributed by atoms with E-state index in [1.807, 2.05) is 17.8 Å². The first-order chi connectivity index (χ1) is 11.1. The predicted octanol–water partition coefficient (Wildman–Crippen LogP) is 3.56. The molecule has 0 spiro atoms. The maximum Gasteiger partial charge on any atom is 0.139 e. The molecule has 1 saturated heterocycles. The molecule has 1 N–H and O–H groups in total. The van der Waals surface area contributed by atoms with Crippen LogP contribution in [0.4, 0.5) is 10.1 Å². The monoisotopic (exact) mass is 319 g/mol. The van der Waals surface area contributed by atoms with Crippen molar-refractivity contribution in [3.05, 3.63) is 35.9 Å². The van der Waals surface area contributed by atoms with Gasteiger partial charge in [0.25, 0.3) is 0 Å². The number of hydrogen-bond donors (Lipinski definition) is 1. The lowest BCUT2D eigenvalue weighted by Gasteiger charge is -2.24. The van der Waals surface area contributed by atoms with Gasteiger partial charge in [-0.25, -0.2) is 9.37 Å². The molecule has 0 saturated carbocycles. The number of aromatic nitrogens is 2. The first-order valence-corrected chi connectivity index (χ1v) is 8.08. The van der Waals surface area contributed by atoms with Gasteiger partial charge in [0.05, 0.1) is 0 Å². The van der Waals surface area contributed by atoms with Crippen LogP contribution in [0.5, 0.6) is 0 Å². The van der Waals surface area contributed by atoms with E-state index in [1.54, 1.807) is 12.3 Å². The van der Waals surface area contributed by atoms with Crippen molar-refractivity contribution in [3.8, 4) is 11.4 Å². The fraction of sp³-hybridized carbons (Fsp3) is 0.500. The third-order valence-electron chi connectivity index (χ3n) is 4.21. The molecule has 0 unspecified atom stereocenters. The number of aliphatic hydroxyl groups excluding tert-OH is 1. The summed E-state index contributed by atoms with van der Waals surface area (Å²) in [4.78, 5) is 6.66. The normalized spacial score (nSPS) is 14.1. The van der Waals surface area contributed by atoms with Crippen molar-refractivity contribution >= 4 is 5.69 Å². The van der Waals surface area contributed by atoms with Gasteiger partial charge in [0.15, 0.2) is 0 Å². The van der Waals surface area contributed by atoms with E-state index in [2.05, 4.69) is 29.8 Å². The number of halogens is 1. The largest absolute Gasteiger partial charge is 0.400 e. The molecular formula is C18H26FN3O. The van der Waals surface area contributed by atoms with Crippen molar-refractivity contribution in [2.24, 2.45) is 7.05 Å². The zero-order valence-corrected chi connectivity index (χ0v) is 14.4. The van der Waals surface area contributed by atoms with Gasteiger partial charge in [0, 0.05) is 56.5 Å². The zero-order chi connectivity index (χ0) is 17.0. The molecule has 1 aromatic carbocycles. The van der Waals surface area contributed by atoms with Gasteiger partial charge in [0.2, 0.25) is 0 Å². The number of anilines is 1. The second-order valence-electron chi connectivity index (χ2n) is 6.10. The minimum absolute atomic E-state index is 0.118. The molecule has 0 radical (unpaired) electrons. The Kier molecular flexibility index (Phi) is 5.77. The average molecular weight is 319 g/mol. The SMILES string of the molecule is CC(C)c1c(F)cc(-c2nccn2C)cc1N1CCCC1.CO. The van der Waals surface area contributed by atoms with E-state index in [1.165, 1.54) is 12.8 Å². The van der Waals surface area contributed by atoms with E-state index in [9.17, 15) is 4.39 Å². The Morgan fingerprint density at radius 1 is 1.17 bits per heavy atom. The van der Waals surface area contributed by atoms with Gasteiger partial charge in [-0.3, -0.25) is 0 Å². The predicted molar refractivity (Wildman–Crippen MR) is 92.3 cm³/mol. The van der Waals surface area contributed by atoms with Gasteiger partial charge in [-0.2, -0.15) is 0 Å². The van der Waals surface area contributed by atoms with Gasteiger partial charge in [-0.15, -0.1) is 0 Å². The second kappa shape index (κ2) is 7.59. The Morgan fingerprint density at radius 2 is 1.83 bits per heavy atom. The maximum atomic E-state index is 14.7. The van der Waals surface area contributed by atoms with Crippen molar-refractivity contribution in [2.75, 3.05) is 25.1 Å². The molecule has 0 bridgehead atoms. The van der Waals surface area contributed by atoms with Gasteiger partial charge in [-0.05, 0) is 30.9 Å². The van der Waals surface area contributed by atoms with Crippen molar-refractivity contribution < 1.29 is 9.50 Å². The second-order valence-corrected chi connectivity index (χ2v) is 6.10. The quantitative estimate of drug-likeness (QED) is 0.940. The van der Waals surface area contributed by atoms with Crippen molar-refractivity contribution in [2.45, 2.75) is 32.6 Å². The Hall–Kier alpha value is -1.88. The summed E-state index contributed by atoms with van der Waals surface area (Å²) in [6.07, 6.45) is 6.01. The lowest BCUT2D eigenvalue weighted by molar-refractivity contribution is 0.399. The summed E-state index contributed by atoms with van der Waals surface area (Å²) >= 11 is 0. The van der Waals surface area contributed by atoms with Crippen LogP contribution in [0.15, 0.2) is 24.5 Å². The number of hydrogen-bond acceptors (Lipinski definition) is 3. The first kappa shape index (κ1) is 17.5. The number of aliphatic hydroxyl groups is 1. The van der Waals surface area contributed by atoms with Gasteiger partial charge < -0.3 is 14.6 Å². The summed E-state index contributed by atoms with van der Waals surface area (Å²) in [6, 6.07) is 3.73. The van der Waals surface area contributed by atoms with Gasteiger partial charge >= 0.3 is 0 Å². The molecule has 0 amide bonds. The highest BCUT2D eigenvalue weighted by Gasteiger charge is 2.22. The van der Waals surface area contributed by atoms with Gasteiger partial charge in [-0.1, -0.05) is 13.8 Å². The molecule has 23 heavy (non-hydrogen) atoms. The van der Waals surface area contributed by atoms with E-state index < -0.39 is 0 Å². The van der Waals surface area contributed by atoms with Crippen LogP contribution in [0, 0.1) is 5.82 Å². The number of benzene rings is 1. The van der Waals surface area contributed by atoms with E-state index in [0.717, 1.165) is 42.8 Å². The molecule has 5 heteroatoms. The molecule has 1 fully saturated rings. The summed E-state index contributed by atoms with van der Waals surface area (Å²) < 4.78 is 16.6. The van der Waals surface area contributed by atoms with Gasteiger partial charge in [0.1, 0.15) is 11.6 Å². The van der Waals surface area contributed by atoms with Crippen LogP contribution in [0.1, 0.15) is 38.2 Å². The van der Waals surface area contributed by atoms with Crippen LogP contribution in [-0.4, -0.2) is 34.9 Å². The van der Waals surface area contributed by atoms with Crippen LogP contribution in [-0.2, 0) is 7.05 Å². The summed E-state index contributed by atoms with van der Waals surface area (Å²) in [6.45, 7) is 6.14. The summed E-state index contributed by atoms with van der Waals surface area (Å²) in [5.41, 5.74) is 2.72. The molecular weight excluding hydrogens is 293 g/mol. The third kappa shape index (κ3) is 3.55. The van der Waals surface area contributed by atoms with E-state index in [0.29, 0.717) is 0 Å². The van der Waals surface area contributed by atoms with Crippen molar-refractivity contribution in [1.29, 1.82) is 0 Å². The molecule has 126 valence electrons. The fourth-order valence-corrected chi connectivity index (χ4v) is 3.17. The Balaban J connectivity index is 0.000000924. The molecule has 4 nitrogen and oxygen atoms in total. The highest BCUT2D eigenvalue weighted by atomic mass is 19.1. The summed E-state index contributed by atoms with van der Waals surface area (Å²) in [5.74, 6) is 0.869. The fourth-order valence-electron chi connectivity index (χ4n) is 3.17. The van der Waals surface area contributed by atoms with Crippen LogP contribution >= 0.6 is 0 Å². The third-order valence-corrected chi connectivity index (χ3v) is 4.21. The number of rotatable bonds is 3. The minimum atomic E-state index is -0.118. The zero-order valence-electron chi connectivity index (χ0n) is 14.4. The maximum absolute atomic E-state index is 14.7. The van der Waals surface area contributed by atoms with Crippen molar-refractivity contribution in [3.63, 3.8) is 0 Å². The summed E-state index contributed by atoms with van der Waals surface area (Å²) in [5, 5.41) is 7.00. The van der Waals surface area contributed by atoms with Crippen molar-refractivity contribution in [1.82, 2.24) is 9.55 Å². The molecule has 1 aliphatic heterocycles. The van der Waals surface area contributed by atoms with Crippen LogP contribution in [0.2, 0.25) is 0 Å². The molecule has 3 rings (SSSR count). The topological polar surface area (TPSA) is 41.3 Å². The lowest BCUT2D eigenvalue weighted by Crippen LogP contribution is -2.20. The highest BCUT2D eigenvalue weighted by Crippen LogP contribution is 2.35. The van der Waals surface area contributed by atoms with E-state index in [4.69, 9.17) is 5.11 Å². The van der Waals surface area contributed by atoms with E-state index in [-0.39, 0.29) is 11.7 Å². The molecule has 1 aliphatic rings. The van der Waals surface area contributed by atoms with Crippen LogP contribution < -0.4 is 4.90 Å². The number of aryl methyl sites for hydroxylation is 1. The first-order valence-electron chi connectivity index (χ1n) is 8.08. The Morgan fingerprint density at radius 3 is 2.35 bits per heavy atom. The molecule has 2 aromatic rings. The standard InChI is InChI=1S/C17H22FN3.CH4O/c1-12(2)16-14(18)10-13(17-19-6-9-20(17)3)11-15(16)21-7-4-5-8-21;1-2/h6,9-12H,4-5,7-8H2,1-3H3;2H,1H3. The molecule has 0 aliphatic carbocycles.